The number of anilines is 2. The van der Waals surface area contributed by atoms with E-state index >= 15 is 0 Å². The average molecular weight is 430 g/mol. The van der Waals surface area contributed by atoms with Crippen molar-refractivity contribution in [1.29, 1.82) is 0 Å². The van der Waals surface area contributed by atoms with Crippen LogP contribution in [0.4, 0.5) is 11.4 Å². The van der Waals surface area contributed by atoms with E-state index in [0.29, 0.717) is 24.4 Å². The predicted molar refractivity (Wildman–Crippen MR) is 132 cm³/mol. The summed E-state index contributed by atoms with van der Waals surface area (Å²) in [5.74, 6) is 2.11. The lowest BCUT2D eigenvalue weighted by atomic mass is 9.91. The molecule has 1 heterocycles. The zero-order chi connectivity index (χ0) is 21.7. The topological polar surface area (TPSA) is 44.7 Å². The first kappa shape index (κ1) is 23.2. The molecular formula is C25H39N3OS. The number of amidine groups is 1. The lowest BCUT2D eigenvalue weighted by Gasteiger charge is -2.38. The highest BCUT2D eigenvalue weighted by Gasteiger charge is 2.26. The average Bonchev–Trinajstić information content (AvgIpc) is 3.11. The minimum absolute atomic E-state index is 0.224. The summed E-state index contributed by atoms with van der Waals surface area (Å²) >= 11 is 1.81. The van der Waals surface area contributed by atoms with Gasteiger partial charge in [-0.05, 0) is 56.2 Å². The summed E-state index contributed by atoms with van der Waals surface area (Å²) in [5.41, 5.74) is 3.66. The molecule has 1 saturated carbocycles. The van der Waals surface area contributed by atoms with E-state index < -0.39 is 0 Å². The van der Waals surface area contributed by atoms with Crippen LogP contribution in [0.15, 0.2) is 23.2 Å². The summed E-state index contributed by atoms with van der Waals surface area (Å²) in [4.78, 5) is 19.1. The molecule has 1 aliphatic heterocycles. The monoisotopic (exact) mass is 429 g/mol. The van der Waals surface area contributed by atoms with Crippen molar-refractivity contribution in [3.8, 4) is 0 Å². The molecule has 5 heteroatoms. The van der Waals surface area contributed by atoms with Crippen molar-refractivity contribution in [3.05, 3.63) is 23.8 Å². The Kier molecular flexibility index (Phi) is 8.27. The van der Waals surface area contributed by atoms with Gasteiger partial charge in [0.25, 0.3) is 0 Å². The maximum atomic E-state index is 11.7. The van der Waals surface area contributed by atoms with Crippen molar-refractivity contribution in [2.75, 3.05) is 22.5 Å². The molecule has 166 valence electrons. The molecule has 0 radical (unpaired) electrons. The molecular weight excluding hydrogens is 390 g/mol. The first-order chi connectivity index (χ1) is 14.3. The molecule has 0 amide bonds. The van der Waals surface area contributed by atoms with E-state index in [9.17, 15) is 4.79 Å². The van der Waals surface area contributed by atoms with Crippen molar-refractivity contribution >= 4 is 34.1 Å². The van der Waals surface area contributed by atoms with Crippen LogP contribution in [-0.2, 0) is 4.79 Å². The van der Waals surface area contributed by atoms with Gasteiger partial charge in [0.05, 0.1) is 17.4 Å². The second-order valence-corrected chi connectivity index (χ2v) is 10.6. The molecule has 0 spiro atoms. The second kappa shape index (κ2) is 10.7. The molecule has 4 nitrogen and oxygen atoms in total. The Labute approximate surface area is 187 Å². The van der Waals surface area contributed by atoms with Crippen LogP contribution in [0.5, 0.6) is 0 Å². The van der Waals surface area contributed by atoms with Crippen LogP contribution in [0, 0.1) is 5.92 Å². The van der Waals surface area contributed by atoms with Crippen molar-refractivity contribution in [1.82, 2.24) is 0 Å². The normalized spacial score (nSPS) is 20.9. The first-order valence-corrected chi connectivity index (χ1v) is 12.7. The van der Waals surface area contributed by atoms with Gasteiger partial charge in [-0.15, -0.1) is 0 Å². The van der Waals surface area contributed by atoms with Gasteiger partial charge in [-0.25, -0.2) is 0 Å². The number of thioether (sulfide) groups is 1. The van der Waals surface area contributed by atoms with Gasteiger partial charge < -0.3 is 15.0 Å². The Bertz CT molecular complexity index is 755. The van der Waals surface area contributed by atoms with Gasteiger partial charge in [-0.3, -0.25) is 4.99 Å². The number of hydrogen-bond donors (Lipinski definition) is 1. The van der Waals surface area contributed by atoms with Gasteiger partial charge in [0, 0.05) is 24.8 Å². The van der Waals surface area contributed by atoms with Gasteiger partial charge in [0.2, 0.25) is 0 Å². The van der Waals surface area contributed by atoms with Crippen molar-refractivity contribution in [2.24, 2.45) is 10.9 Å². The summed E-state index contributed by atoms with van der Waals surface area (Å²) < 4.78 is 0. The molecule has 1 aromatic carbocycles. The second-order valence-electron chi connectivity index (χ2n) is 9.64. The predicted octanol–water partition coefficient (Wildman–Crippen LogP) is 6.47. The van der Waals surface area contributed by atoms with Crippen LogP contribution in [-0.4, -0.2) is 35.3 Å². The number of nitrogens with zero attached hydrogens (tertiary/aromatic N) is 2. The van der Waals surface area contributed by atoms with Crippen molar-refractivity contribution < 1.29 is 4.79 Å². The van der Waals surface area contributed by atoms with Gasteiger partial charge >= 0.3 is 0 Å². The summed E-state index contributed by atoms with van der Waals surface area (Å²) in [6, 6.07) is 7.77. The Morgan fingerprint density at radius 1 is 1.23 bits per heavy atom. The minimum atomic E-state index is 0.224. The van der Waals surface area contributed by atoms with Gasteiger partial charge in [-0.1, -0.05) is 57.9 Å². The fraction of sp³-hybridized carbons (Fsp3) is 0.680. The van der Waals surface area contributed by atoms with E-state index in [-0.39, 0.29) is 11.7 Å². The maximum absolute atomic E-state index is 11.7. The van der Waals surface area contributed by atoms with Gasteiger partial charge in [-0.2, -0.15) is 0 Å². The zero-order valence-electron chi connectivity index (χ0n) is 19.4. The fourth-order valence-electron chi connectivity index (χ4n) is 4.65. The lowest BCUT2D eigenvalue weighted by Crippen LogP contribution is -2.39. The third kappa shape index (κ3) is 6.26. The van der Waals surface area contributed by atoms with Crippen LogP contribution in [0.1, 0.15) is 84.6 Å². The SMILES string of the molecule is CC(=O)CC(C)c1ccc(N(CC(C)C)C2CCCCC2)c(NC2=N[C@@H](C)CS2)c1. The van der Waals surface area contributed by atoms with E-state index in [1.165, 1.54) is 43.4 Å². The van der Waals surface area contributed by atoms with Crippen LogP contribution in [0.25, 0.3) is 0 Å². The molecule has 2 aliphatic rings. The van der Waals surface area contributed by atoms with Crippen LogP contribution >= 0.6 is 11.8 Å². The molecule has 2 atom stereocenters. The number of benzene rings is 1. The lowest BCUT2D eigenvalue weighted by molar-refractivity contribution is -0.117. The van der Waals surface area contributed by atoms with Crippen molar-refractivity contribution in [3.63, 3.8) is 0 Å². The number of aliphatic imine (C=N–C) groups is 1. The third-order valence-electron chi connectivity index (χ3n) is 6.11. The Hall–Kier alpha value is -1.49. The number of nitrogens with one attached hydrogen (secondary N) is 1. The Morgan fingerprint density at radius 3 is 2.57 bits per heavy atom. The highest BCUT2D eigenvalue weighted by atomic mass is 32.2. The van der Waals surface area contributed by atoms with Crippen LogP contribution in [0.2, 0.25) is 0 Å². The fourth-order valence-corrected chi connectivity index (χ4v) is 5.56. The Morgan fingerprint density at radius 2 is 1.97 bits per heavy atom. The van der Waals surface area contributed by atoms with E-state index in [2.05, 4.69) is 56.1 Å². The quantitative estimate of drug-likeness (QED) is 0.514. The molecule has 0 saturated heterocycles. The Balaban J connectivity index is 1.96. The number of rotatable bonds is 8. The third-order valence-corrected chi connectivity index (χ3v) is 7.24. The van der Waals surface area contributed by atoms with Gasteiger partial charge in [0.15, 0.2) is 5.17 Å². The molecule has 0 aromatic heterocycles. The standard InChI is InChI=1S/C25H39N3OS/c1-17(2)15-28(22-9-7-6-8-10-22)24-12-11-21(18(3)13-20(5)29)14-23(24)27-25-26-19(4)16-30-25/h11-12,14,17-19,22H,6-10,13,15-16H2,1-5H3,(H,26,27)/t18?,19-/m0/s1. The van der Waals surface area contributed by atoms with E-state index in [1.54, 1.807) is 18.7 Å². The van der Waals surface area contributed by atoms with Crippen LogP contribution in [0.3, 0.4) is 0 Å². The van der Waals surface area contributed by atoms with Crippen LogP contribution < -0.4 is 10.2 Å². The summed E-state index contributed by atoms with van der Waals surface area (Å²) in [5, 5.41) is 4.69. The van der Waals surface area contributed by atoms with Gasteiger partial charge in [0.1, 0.15) is 5.78 Å². The molecule has 30 heavy (non-hydrogen) atoms. The van der Waals surface area contributed by atoms with Crippen molar-refractivity contribution in [2.45, 2.75) is 91.1 Å². The first-order valence-electron chi connectivity index (χ1n) is 11.7. The summed E-state index contributed by atoms with van der Waals surface area (Å²) in [7, 11) is 0. The highest BCUT2D eigenvalue weighted by Crippen LogP contribution is 2.37. The summed E-state index contributed by atoms with van der Waals surface area (Å²) in [6.45, 7) is 11.7. The zero-order valence-corrected chi connectivity index (χ0v) is 20.2. The molecule has 1 aromatic rings. The van der Waals surface area contributed by atoms with E-state index in [1.807, 2.05) is 0 Å². The molecule has 1 fully saturated rings. The smallest absolute Gasteiger partial charge is 0.161 e. The highest BCUT2D eigenvalue weighted by molar-refractivity contribution is 8.14. The molecule has 0 bridgehead atoms. The largest absolute Gasteiger partial charge is 0.367 e. The van der Waals surface area contributed by atoms with E-state index in [0.717, 1.165) is 23.2 Å². The number of carbonyl (C=O) groups excluding carboxylic acids is 1. The maximum Gasteiger partial charge on any atom is 0.161 e. The molecule has 1 unspecified atom stereocenters. The number of ketones is 1. The molecule has 1 aliphatic carbocycles. The van der Waals surface area contributed by atoms with E-state index in [4.69, 9.17) is 4.99 Å². The summed E-state index contributed by atoms with van der Waals surface area (Å²) in [6.07, 6.45) is 7.17. The minimum Gasteiger partial charge on any atom is -0.367 e. The molecule has 3 rings (SSSR count). The number of carbonyl (C=O) groups is 1. The number of Topliss-reactive ketones (excluding diaryl/α,β-unsaturated/α-hetero) is 1. The molecule has 1 N–H and O–H groups in total. The number of hydrogen-bond acceptors (Lipinski definition) is 5.